The lowest BCUT2D eigenvalue weighted by Gasteiger charge is -2.24. The highest BCUT2D eigenvalue weighted by Crippen LogP contribution is 2.35. The number of anilines is 2. The second kappa shape index (κ2) is 7.91. The van der Waals surface area contributed by atoms with Crippen LogP contribution in [0.4, 0.5) is 29.5 Å². The molecule has 1 heterocycles. The highest BCUT2D eigenvalue weighted by molar-refractivity contribution is 6.21. The van der Waals surface area contributed by atoms with Crippen molar-refractivity contribution in [1.29, 1.82) is 0 Å². The Bertz CT molecular complexity index is 682. The van der Waals surface area contributed by atoms with E-state index in [1.807, 2.05) is 0 Å². The Labute approximate surface area is 153 Å². The first-order valence-corrected chi connectivity index (χ1v) is 8.49. The average Bonchev–Trinajstić information content (AvgIpc) is 2.51. The molecular weight excluding hydrogens is 378 g/mol. The first kappa shape index (κ1) is 20.6. The number of allylic oxidation sites excluding steroid dienone is 1. The van der Waals surface area contributed by atoms with Gasteiger partial charge in [-0.3, -0.25) is 0 Å². The van der Waals surface area contributed by atoms with Crippen LogP contribution in [0.5, 0.6) is 0 Å². The summed E-state index contributed by atoms with van der Waals surface area (Å²) in [5.41, 5.74) is 0.00585. The second-order valence-electron chi connectivity index (χ2n) is 6.34. The van der Waals surface area contributed by atoms with Crippen LogP contribution in [0.25, 0.3) is 5.57 Å². The molecule has 0 bridgehead atoms. The topological polar surface area (TPSA) is 83.0 Å². The van der Waals surface area contributed by atoms with E-state index < -0.39 is 29.5 Å². The van der Waals surface area contributed by atoms with E-state index in [9.17, 15) is 22.7 Å². The van der Waals surface area contributed by atoms with E-state index in [0.717, 1.165) is 6.92 Å². The van der Waals surface area contributed by atoms with Crippen molar-refractivity contribution in [2.75, 3.05) is 10.6 Å². The van der Waals surface area contributed by atoms with Crippen LogP contribution in [-0.2, 0) is 0 Å². The summed E-state index contributed by atoms with van der Waals surface area (Å²) in [7, 11) is 0. The van der Waals surface area contributed by atoms with Gasteiger partial charge in [0.25, 0.3) is 0 Å². The van der Waals surface area contributed by atoms with Crippen molar-refractivity contribution in [3.8, 4) is 0 Å². The Morgan fingerprint density at radius 1 is 1.12 bits per heavy atom. The smallest absolute Gasteiger partial charge is 0.384 e. The molecule has 6 nitrogen and oxygen atoms in total. The summed E-state index contributed by atoms with van der Waals surface area (Å²) in [5, 5.41) is 14.0. The van der Waals surface area contributed by atoms with E-state index >= 15 is 0 Å². The Balaban J connectivity index is 2.44. The first-order valence-electron chi connectivity index (χ1n) is 8.06. The lowest BCUT2D eigenvalue weighted by atomic mass is 9.95. The molecule has 0 spiro atoms. The third-order valence-corrected chi connectivity index (χ3v) is 4.18. The number of aliphatic hydroxyl groups excluding tert-OH is 1. The van der Waals surface area contributed by atoms with Crippen molar-refractivity contribution in [3.63, 3.8) is 0 Å². The summed E-state index contributed by atoms with van der Waals surface area (Å²) < 4.78 is 52.8. The summed E-state index contributed by atoms with van der Waals surface area (Å²) >= 11 is 5.84. The van der Waals surface area contributed by atoms with Crippen molar-refractivity contribution in [3.05, 3.63) is 11.7 Å². The Morgan fingerprint density at radius 3 is 2.23 bits per heavy atom. The molecule has 11 heteroatoms. The monoisotopic (exact) mass is 397 g/mol. The van der Waals surface area contributed by atoms with Gasteiger partial charge in [0.15, 0.2) is 5.82 Å². The number of aliphatic hydroxyl groups is 1. The number of halogens is 5. The number of hydrogen-bond donors (Lipinski definition) is 3. The zero-order valence-electron chi connectivity index (χ0n) is 14.4. The highest BCUT2D eigenvalue weighted by Gasteiger charge is 2.37. The molecule has 0 radical (unpaired) electrons. The van der Waals surface area contributed by atoms with E-state index in [4.69, 9.17) is 11.6 Å². The number of nitrogens with zero attached hydrogens (tertiary/aromatic N) is 3. The minimum absolute atomic E-state index is 0.00432. The van der Waals surface area contributed by atoms with Gasteiger partial charge in [0.05, 0.1) is 5.38 Å². The van der Waals surface area contributed by atoms with Crippen molar-refractivity contribution < 1.29 is 22.7 Å². The van der Waals surface area contributed by atoms with Crippen LogP contribution in [0.3, 0.4) is 0 Å². The molecule has 0 saturated carbocycles. The van der Waals surface area contributed by atoms with E-state index in [-0.39, 0.29) is 42.2 Å². The van der Waals surface area contributed by atoms with E-state index in [1.54, 1.807) is 13.8 Å². The third kappa shape index (κ3) is 4.94. The van der Waals surface area contributed by atoms with Crippen LogP contribution in [0.1, 0.15) is 39.4 Å². The quantitative estimate of drug-likeness (QED) is 0.521. The van der Waals surface area contributed by atoms with Crippen LogP contribution in [0.15, 0.2) is 5.83 Å². The van der Waals surface area contributed by atoms with Gasteiger partial charge in [-0.2, -0.15) is 28.1 Å². The molecule has 0 saturated heterocycles. The maximum Gasteiger partial charge on any atom is 0.408 e. The highest BCUT2D eigenvalue weighted by atomic mass is 35.5. The number of rotatable bonds is 5. The molecular formula is C15H20ClF4N5O. The maximum atomic E-state index is 14.4. The van der Waals surface area contributed by atoms with Crippen LogP contribution in [-0.4, -0.2) is 49.8 Å². The van der Waals surface area contributed by atoms with Gasteiger partial charge in [0.1, 0.15) is 18.0 Å². The Kier molecular flexibility index (Phi) is 6.28. The molecule has 0 aromatic carbocycles. The van der Waals surface area contributed by atoms with Crippen molar-refractivity contribution in [2.45, 2.75) is 63.4 Å². The fraction of sp³-hybridized carbons (Fsp3) is 0.667. The molecule has 1 aliphatic carbocycles. The molecule has 1 aromatic rings. The minimum atomic E-state index is -4.50. The minimum Gasteiger partial charge on any atom is -0.384 e. The molecule has 1 aliphatic rings. The molecule has 0 aliphatic heterocycles. The summed E-state index contributed by atoms with van der Waals surface area (Å²) in [4.78, 5) is 11.9. The summed E-state index contributed by atoms with van der Waals surface area (Å²) in [5.74, 6) is -1.36. The lowest BCUT2D eigenvalue weighted by molar-refractivity contribution is -0.138. The molecule has 1 aromatic heterocycles. The van der Waals surface area contributed by atoms with Crippen molar-refractivity contribution in [2.24, 2.45) is 0 Å². The summed E-state index contributed by atoms with van der Waals surface area (Å²) in [6.07, 6.45) is -5.58. The van der Waals surface area contributed by atoms with E-state index in [2.05, 4.69) is 25.6 Å². The second-order valence-corrected chi connectivity index (χ2v) is 6.90. The van der Waals surface area contributed by atoms with Gasteiger partial charge in [-0.15, -0.1) is 11.6 Å². The zero-order chi connectivity index (χ0) is 19.6. The van der Waals surface area contributed by atoms with Gasteiger partial charge in [-0.05, 0) is 33.6 Å². The van der Waals surface area contributed by atoms with Crippen LogP contribution in [0.2, 0.25) is 0 Å². The molecule has 146 valence electrons. The fourth-order valence-electron chi connectivity index (χ4n) is 2.29. The number of nitrogens with one attached hydrogen (secondary N) is 2. The molecule has 3 N–H and O–H groups in total. The predicted molar refractivity (Wildman–Crippen MR) is 90.6 cm³/mol. The lowest BCUT2D eigenvalue weighted by Crippen LogP contribution is -2.34. The molecule has 2 rings (SSSR count). The summed E-state index contributed by atoms with van der Waals surface area (Å²) in [6.45, 7) is 4.50. The maximum absolute atomic E-state index is 14.4. The fourth-order valence-corrected chi connectivity index (χ4v) is 2.51. The van der Waals surface area contributed by atoms with Crippen LogP contribution in [0, 0.1) is 0 Å². The van der Waals surface area contributed by atoms with Crippen molar-refractivity contribution in [1.82, 2.24) is 15.0 Å². The van der Waals surface area contributed by atoms with Gasteiger partial charge in [0, 0.05) is 11.6 Å². The normalized spacial score (nSPS) is 22.5. The Morgan fingerprint density at radius 2 is 1.69 bits per heavy atom. The zero-order valence-corrected chi connectivity index (χ0v) is 15.2. The number of hydrogen-bond acceptors (Lipinski definition) is 6. The van der Waals surface area contributed by atoms with E-state index in [1.165, 1.54) is 0 Å². The van der Waals surface area contributed by atoms with Gasteiger partial charge in [-0.1, -0.05) is 0 Å². The standard InChI is InChI=1S/C15H20ClF4N5O/c1-6(2)21-13-23-12(8-4-5-9(16)11(26)10(8)17)24-14(25-13)22-7(3)15(18,19)20/h6-7,9,11,26H,4-5H2,1-3H3,(H2,21,22,23,24,25)/t7-,9?,11?/m1/s1. The number of alkyl halides is 4. The summed E-state index contributed by atoms with van der Waals surface area (Å²) in [6, 6.07) is -2.02. The molecule has 26 heavy (non-hydrogen) atoms. The molecule has 2 unspecified atom stereocenters. The SMILES string of the molecule is CC(C)Nc1nc(N[C@H](C)C(F)(F)F)nc(C2=C(F)C(O)C(Cl)CC2)n1. The van der Waals surface area contributed by atoms with Gasteiger partial charge < -0.3 is 15.7 Å². The molecule has 0 amide bonds. The van der Waals surface area contributed by atoms with Crippen molar-refractivity contribution >= 4 is 29.1 Å². The third-order valence-electron chi connectivity index (χ3n) is 3.72. The first-order chi connectivity index (χ1) is 12.0. The van der Waals surface area contributed by atoms with Gasteiger partial charge in [-0.25, -0.2) is 4.39 Å². The largest absolute Gasteiger partial charge is 0.408 e. The number of aromatic nitrogens is 3. The van der Waals surface area contributed by atoms with Crippen LogP contribution >= 0.6 is 11.6 Å². The van der Waals surface area contributed by atoms with E-state index in [0.29, 0.717) is 0 Å². The van der Waals surface area contributed by atoms with Gasteiger partial charge in [0.2, 0.25) is 11.9 Å². The molecule has 0 fully saturated rings. The predicted octanol–water partition coefficient (Wildman–Crippen LogP) is 3.50. The average molecular weight is 398 g/mol. The Hall–Kier alpha value is -1.68. The van der Waals surface area contributed by atoms with Gasteiger partial charge >= 0.3 is 6.18 Å². The van der Waals surface area contributed by atoms with Crippen LogP contribution < -0.4 is 10.6 Å². The molecule has 3 atom stereocenters.